The molecule has 190 valence electrons. The first-order chi connectivity index (χ1) is 17.2. The highest BCUT2D eigenvalue weighted by Crippen LogP contribution is 2.42. The van der Waals surface area contributed by atoms with Crippen LogP contribution in [0.3, 0.4) is 0 Å². The summed E-state index contributed by atoms with van der Waals surface area (Å²) in [4.78, 5) is 13.5. The van der Waals surface area contributed by atoms with E-state index in [0.717, 1.165) is 34.0 Å². The second-order valence-electron chi connectivity index (χ2n) is 9.11. The summed E-state index contributed by atoms with van der Waals surface area (Å²) in [5.41, 5.74) is 1.64. The Bertz CT molecular complexity index is 1340. The van der Waals surface area contributed by atoms with Crippen LogP contribution in [0.2, 0.25) is 5.02 Å². The van der Waals surface area contributed by atoms with Crippen LogP contribution >= 0.6 is 11.6 Å². The van der Waals surface area contributed by atoms with Crippen LogP contribution in [0.15, 0.2) is 77.7 Å². The number of ether oxygens (including phenoxy) is 1. The topological polar surface area (TPSA) is 75.7 Å². The van der Waals surface area contributed by atoms with Gasteiger partial charge in [-0.2, -0.15) is 0 Å². The molecule has 1 aliphatic heterocycles. The lowest BCUT2D eigenvalue weighted by atomic mass is 9.83. The number of carbonyl (C=O) groups excluding carboxylic acids is 1. The summed E-state index contributed by atoms with van der Waals surface area (Å²) >= 11 is 6.33. The van der Waals surface area contributed by atoms with E-state index < -0.39 is 21.5 Å². The van der Waals surface area contributed by atoms with Gasteiger partial charge in [0.2, 0.25) is 5.91 Å². The molecule has 6 nitrogen and oxygen atoms in total. The standard InChI is InChI=1S/C28H31ClN2O4S/c1-4-28(5-2)18-25(23-13-9-10-14-26(23)35-28)30-27(32)19-31(21-16-15-20(3)24(29)17-21)36(33,34)22-11-7-6-8-12-22/h6-17,25H,4-5,18-19H2,1-3H3,(H,30,32). The molecule has 3 aromatic carbocycles. The predicted molar refractivity (Wildman–Crippen MR) is 143 cm³/mol. The third kappa shape index (κ3) is 5.22. The lowest BCUT2D eigenvalue weighted by Gasteiger charge is -2.41. The van der Waals surface area contributed by atoms with Crippen molar-refractivity contribution in [1.82, 2.24) is 5.32 Å². The quantitative estimate of drug-likeness (QED) is 0.388. The molecular weight excluding hydrogens is 496 g/mol. The van der Waals surface area contributed by atoms with Gasteiger partial charge in [0.15, 0.2) is 0 Å². The maximum Gasteiger partial charge on any atom is 0.264 e. The molecule has 1 aliphatic rings. The normalized spacial score (nSPS) is 16.5. The van der Waals surface area contributed by atoms with Gasteiger partial charge in [0, 0.05) is 17.0 Å². The molecule has 3 aromatic rings. The highest BCUT2D eigenvalue weighted by molar-refractivity contribution is 7.92. The Balaban J connectivity index is 1.66. The minimum absolute atomic E-state index is 0.0990. The van der Waals surface area contributed by atoms with Crippen LogP contribution < -0.4 is 14.4 Å². The average Bonchev–Trinajstić information content (AvgIpc) is 2.89. The van der Waals surface area contributed by atoms with E-state index in [4.69, 9.17) is 16.3 Å². The number of nitrogens with zero attached hydrogens (tertiary/aromatic N) is 1. The minimum Gasteiger partial charge on any atom is -0.487 e. The van der Waals surface area contributed by atoms with Crippen molar-refractivity contribution in [2.75, 3.05) is 10.8 Å². The molecular formula is C28H31ClN2O4S. The summed E-state index contributed by atoms with van der Waals surface area (Å²) < 4.78 is 34.7. The zero-order chi connectivity index (χ0) is 25.9. The average molecular weight is 527 g/mol. The molecule has 0 aromatic heterocycles. The fourth-order valence-corrected chi connectivity index (χ4v) is 6.18. The van der Waals surface area contributed by atoms with E-state index in [1.165, 1.54) is 12.1 Å². The van der Waals surface area contributed by atoms with Crippen LogP contribution in [0, 0.1) is 6.92 Å². The summed E-state index contributed by atoms with van der Waals surface area (Å²) in [6.45, 7) is 5.60. The molecule has 1 unspecified atom stereocenters. The van der Waals surface area contributed by atoms with Crippen LogP contribution in [0.4, 0.5) is 5.69 Å². The Labute approximate surface area is 218 Å². The number of anilines is 1. The Kier molecular flexibility index (Phi) is 7.62. The van der Waals surface area contributed by atoms with Crippen molar-refractivity contribution in [3.05, 3.63) is 88.9 Å². The van der Waals surface area contributed by atoms with Gasteiger partial charge < -0.3 is 10.1 Å². The fraction of sp³-hybridized carbons (Fsp3) is 0.321. The molecule has 4 rings (SSSR count). The number of halogens is 1. The zero-order valence-electron chi connectivity index (χ0n) is 20.7. The van der Waals surface area contributed by atoms with Gasteiger partial charge in [-0.05, 0) is 55.7 Å². The molecule has 0 saturated carbocycles. The number of hydrogen-bond acceptors (Lipinski definition) is 4. The molecule has 0 spiro atoms. The predicted octanol–water partition coefficient (Wildman–Crippen LogP) is 6.04. The first-order valence-corrected chi connectivity index (χ1v) is 13.9. The van der Waals surface area contributed by atoms with Crippen LogP contribution in [0.1, 0.15) is 50.3 Å². The van der Waals surface area contributed by atoms with E-state index in [9.17, 15) is 13.2 Å². The summed E-state index contributed by atoms with van der Waals surface area (Å²) in [5.74, 6) is 0.339. The van der Waals surface area contributed by atoms with Crippen molar-refractivity contribution in [2.45, 2.75) is 56.6 Å². The zero-order valence-corrected chi connectivity index (χ0v) is 22.3. The van der Waals surface area contributed by atoms with Crippen LogP contribution in [0.5, 0.6) is 5.75 Å². The van der Waals surface area contributed by atoms with Crippen molar-refractivity contribution in [2.24, 2.45) is 0 Å². The third-order valence-electron chi connectivity index (χ3n) is 6.88. The maximum absolute atomic E-state index is 13.6. The van der Waals surface area contributed by atoms with E-state index >= 15 is 0 Å². The first-order valence-electron chi connectivity index (χ1n) is 12.1. The lowest BCUT2D eigenvalue weighted by Crippen LogP contribution is -2.47. The van der Waals surface area contributed by atoms with E-state index in [-0.39, 0.29) is 17.5 Å². The molecule has 1 heterocycles. The highest BCUT2D eigenvalue weighted by atomic mass is 35.5. The summed E-state index contributed by atoms with van der Waals surface area (Å²) in [7, 11) is -4.02. The van der Waals surface area contributed by atoms with E-state index in [2.05, 4.69) is 19.2 Å². The van der Waals surface area contributed by atoms with Gasteiger partial charge >= 0.3 is 0 Å². The SMILES string of the molecule is CCC1(CC)CC(NC(=O)CN(c2ccc(C)c(Cl)c2)S(=O)(=O)c2ccccc2)c2ccccc2O1. The molecule has 1 atom stereocenters. The lowest BCUT2D eigenvalue weighted by molar-refractivity contribution is -0.121. The summed E-state index contributed by atoms with van der Waals surface area (Å²) in [6, 6.07) is 20.4. The molecule has 1 amide bonds. The number of aryl methyl sites for hydroxylation is 1. The smallest absolute Gasteiger partial charge is 0.264 e. The summed E-state index contributed by atoms with van der Waals surface area (Å²) in [5, 5.41) is 3.52. The van der Waals surface area contributed by atoms with E-state index in [0.29, 0.717) is 17.1 Å². The number of amides is 1. The van der Waals surface area contributed by atoms with Crippen molar-refractivity contribution in [3.63, 3.8) is 0 Å². The number of rotatable bonds is 8. The van der Waals surface area contributed by atoms with Gasteiger partial charge in [0.25, 0.3) is 10.0 Å². The second-order valence-corrected chi connectivity index (χ2v) is 11.4. The first kappa shape index (κ1) is 26.0. The van der Waals surface area contributed by atoms with Gasteiger partial charge in [0.05, 0.1) is 16.6 Å². The molecule has 1 N–H and O–H groups in total. The molecule has 0 fully saturated rings. The van der Waals surface area contributed by atoms with Crippen molar-refractivity contribution < 1.29 is 17.9 Å². The third-order valence-corrected chi connectivity index (χ3v) is 9.08. The molecule has 8 heteroatoms. The largest absolute Gasteiger partial charge is 0.487 e. The van der Waals surface area contributed by atoms with Gasteiger partial charge in [-0.15, -0.1) is 0 Å². The maximum atomic E-state index is 13.6. The van der Waals surface area contributed by atoms with Crippen LogP contribution in [-0.4, -0.2) is 26.5 Å². The second kappa shape index (κ2) is 10.5. The number of sulfonamides is 1. The molecule has 0 aliphatic carbocycles. The van der Waals surface area contributed by atoms with Gasteiger partial charge in [-0.3, -0.25) is 9.10 Å². The number of carbonyl (C=O) groups is 1. The van der Waals surface area contributed by atoms with Crippen molar-refractivity contribution in [3.8, 4) is 5.75 Å². The number of fused-ring (bicyclic) bond motifs is 1. The molecule has 0 bridgehead atoms. The van der Waals surface area contributed by atoms with Gasteiger partial charge in [0.1, 0.15) is 17.9 Å². The molecule has 36 heavy (non-hydrogen) atoms. The number of nitrogens with one attached hydrogen (secondary N) is 1. The Morgan fingerprint density at radius 2 is 1.72 bits per heavy atom. The Morgan fingerprint density at radius 3 is 2.39 bits per heavy atom. The fourth-order valence-electron chi connectivity index (χ4n) is 4.57. The van der Waals surface area contributed by atoms with Crippen molar-refractivity contribution >= 4 is 33.2 Å². The van der Waals surface area contributed by atoms with Crippen molar-refractivity contribution in [1.29, 1.82) is 0 Å². The number of para-hydroxylation sites is 1. The van der Waals surface area contributed by atoms with E-state index in [1.54, 1.807) is 36.4 Å². The van der Waals surface area contributed by atoms with Crippen LogP contribution in [-0.2, 0) is 14.8 Å². The van der Waals surface area contributed by atoms with E-state index in [1.807, 2.05) is 31.2 Å². The molecule has 0 saturated heterocycles. The Morgan fingerprint density at radius 1 is 1.06 bits per heavy atom. The monoisotopic (exact) mass is 526 g/mol. The van der Waals surface area contributed by atoms with Gasteiger partial charge in [-0.1, -0.05) is 67.9 Å². The Hall–Kier alpha value is -3.03. The highest BCUT2D eigenvalue weighted by Gasteiger charge is 2.39. The minimum atomic E-state index is -4.02. The number of benzene rings is 3. The van der Waals surface area contributed by atoms with Crippen LogP contribution in [0.25, 0.3) is 0 Å². The number of hydrogen-bond donors (Lipinski definition) is 1. The van der Waals surface area contributed by atoms with Gasteiger partial charge in [-0.25, -0.2) is 8.42 Å². The molecule has 0 radical (unpaired) electrons. The summed E-state index contributed by atoms with van der Waals surface area (Å²) in [6.07, 6.45) is 2.19.